The Kier molecular flexibility index (Phi) is 6.15. The highest BCUT2D eigenvalue weighted by Crippen LogP contribution is 2.33. The van der Waals surface area contributed by atoms with Crippen LogP contribution in [0.4, 0.5) is 0 Å². The minimum atomic E-state index is 0.663. The summed E-state index contributed by atoms with van der Waals surface area (Å²) < 4.78 is 0. The Morgan fingerprint density at radius 3 is 2.53 bits per heavy atom. The molecule has 2 nitrogen and oxygen atoms in total. The summed E-state index contributed by atoms with van der Waals surface area (Å²) in [7, 11) is 0. The van der Waals surface area contributed by atoms with Gasteiger partial charge in [0.2, 0.25) is 0 Å². The summed E-state index contributed by atoms with van der Waals surface area (Å²) in [4.78, 5) is 2.82. The van der Waals surface area contributed by atoms with Crippen molar-refractivity contribution in [3.8, 4) is 0 Å². The zero-order valence-electron chi connectivity index (χ0n) is 13.1. The first-order valence-electron chi connectivity index (χ1n) is 8.73. The number of likely N-dealkylation sites (tertiary alicyclic amines) is 1. The van der Waals surface area contributed by atoms with Gasteiger partial charge in [0.25, 0.3) is 0 Å². The summed E-state index contributed by atoms with van der Waals surface area (Å²) in [6.07, 6.45) is 14.1. The van der Waals surface area contributed by atoms with Crippen LogP contribution in [0.25, 0.3) is 0 Å². The Morgan fingerprint density at radius 1 is 1.00 bits per heavy atom. The molecule has 1 saturated heterocycles. The van der Waals surface area contributed by atoms with Crippen LogP contribution >= 0.6 is 0 Å². The molecule has 1 aliphatic carbocycles. The molecule has 2 N–H and O–H groups in total. The molecule has 0 aromatic heterocycles. The van der Waals surface area contributed by atoms with Crippen molar-refractivity contribution in [2.24, 2.45) is 11.7 Å². The predicted octanol–water partition coefficient (Wildman–Crippen LogP) is 3.94. The second-order valence-corrected chi connectivity index (χ2v) is 6.93. The van der Waals surface area contributed by atoms with Crippen LogP contribution in [0.5, 0.6) is 0 Å². The van der Waals surface area contributed by atoms with E-state index in [9.17, 15) is 0 Å². The fourth-order valence-corrected chi connectivity index (χ4v) is 4.56. The van der Waals surface area contributed by atoms with E-state index in [2.05, 4.69) is 18.7 Å². The number of nitrogens with two attached hydrogens (primary N) is 1. The number of piperidine rings is 1. The van der Waals surface area contributed by atoms with Crippen molar-refractivity contribution in [1.82, 2.24) is 4.90 Å². The van der Waals surface area contributed by atoms with Gasteiger partial charge in [-0.25, -0.2) is 0 Å². The van der Waals surface area contributed by atoms with Crippen LogP contribution in [0, 0.1) is 5.92 Å². The molecule has 2 rings (SSSR count). The Hall–Kier alpha value is -0.0800. The van der Waals surface area contributed by atoms with Gasteiger partial charge in [0, 0.05) is 24.7 Å². The first kappa shape index (κ1) is 15.3. The molecule has 19 heavy (non-hydrogen) atoms. The molecule has 2 heteroatoms. The normalized spacial score (nSPS) is 38.1. The molecule has 1 heterocycles. The van der Waals surface area contributed by atoms with Crippen LogP contribution < -0.4 is 5.73 Å². The van der Waals surface area contributed by atoms with E-state index in [1.165, 1.54) is 64.2 Å². The number of hydrogen-bond acceptors (Lipinski definition) is 2. The van der Waals surface area contributed by atoms with E-state index < -0.39 is 0 Å². The van der Waals surface area contributed by atoms with Gasteiger partial charge in [0.05, 0.1) is 0 Å². The molecule has 0 spiro atoms. The van der Waals surface area contributed by atoms with E-state index >= 15 is 0 Å². The Morgan fingerprint density at radius 2 is 1.79 bits per heavy atom. The molecule has 2 aliphatic rings. The van der Waals surface area contributed by atoms with E-state index in [0.29, 0.717) is 6.04 Å². The maximum atomic E-state index is 6.03. The third-order valence-electron chi connectivity index (χ3n) is 5.54. The molecule has 0 bridgehead atoms. The third-order valence-corrected chi connectivity index (χ3v) is 5.54. The average Bonchev–Trinajstić information content (AvgIpc) is 2.64. The number of hydrogen-bond donors (Lipinski definition) is 1. The highest BCUT2D eigenvalue weighted by atomic mass is 15.2. The fraction of sp³-hybridized carbons (Fsp3) is 1.00. The van der Waals surface area contributed by atoms with Gasteiger partial charge >= 0.3 is 0 Å². The largest absolute Gasteiger partial charge is 0.329 e. The van der Waals surface area contributed by atoms with Crippen LogP contribution in [-0.4, -0.2) is 29.6 Å². The quantitative estimate of drug-likeness (QED) is 0.781. The molecule has 2 fully saturated rings. The highest BCUT2D eigenvalue weighted by Gasteiger charge is 2.33. The lowest BCUT2D eigenvalue weighted by molar-refractivity contribution is 0.0424. The van der Waals surface area contributed by atoms with Crippen LogP contribution in [0.1, 0.15) is 78.1 Å². The molecule has 4 atom stereocenters. The van der Waals surface area contributed by atoms with E-state index in [1.54, 1.807) is 0 Å². The van der Waals surface area contributed by atoms with Gasteiger partial charge in [-0.1, -0.05) is 39.0 Å². The summed E-state index contributed by atoms with van der Waals surface area (Å²) in [5, 5.41) is 0. The van der Waals surface area contributed by atoms with Crippen LogP contribution in [-0.2, 0) is 0 Å². The maximum Gasteiger partial charge on any atom is 0.0224 e. The minimum absolute atomic E-state index is 0.663. The van der Waals surface area contributed by atoms with Crippen LogP contribution in [0.3, 0.4) is 0 Å². The van der Waals surface area contributed by atoms with Crippen molar-refractivity contribution in [3.05, 3.63) is 0 Å². The second-order valence-electron chi connectivity index (χ2n) is 6.93. The summed E-state index contributed by atoms with van der Waals surface area (Å²) in [6.45, 7) is 5.62. The predicted molar refractivity (Wildman–Crippen MR) is 83.3 cm³/mol. The average molecular weight is 266 g/mol. The van der Waals surface area contributed by atoms with Crippen molar-refractivity contribution in [2.75, 3.05) is 6.54 Å². The lowest BCUT2D eigenvalue weighted by Crippen LogP contribution is -2.53. The Labute approximate surface area is 120 Å². The molecule has 0 aromatic carbocycles. The zero-order valence-corrected chi connectivity index (χ0v) is 13.1. The Bertz CT molecular complexity index is 254. The molecule has 0 aromatic rings. The van der Waals surface area contributed by atoms with Gasteiger partial charge in [-0.15, -0.1) is 0 Å². The highest BCUT2D eigenvalue weighted by molar-refractivity contribution is 4.89. The first-order valence-corrected chi connectivity index (χ1v) is 8.73. The van der Waals surface area contributed by atoms with Crippen LogP contribution in [0.15, 0.2) is 0 Å². The number of nitrogens with zero attached hydrogens (tertiary/aromatic N) is 1. The van der Waals surface area contributed by atoms with E-state index in [-0.39, 0.29) is 0 Å². The Balaban J connectivity index is 1.95. The smallest absolute Gasteiger partial charge is 0.0224 e. The molecule has 1 saturated carbocycles. The third kappa shape index (κ3) is 3.95. The zero-order chi connectivity index (χ0) is 13.7. The first-order chi connectivity index (χ1) is 9.26. The molecular weight excluding hydrogens is 232 g/mol. The lowest BCUT2D eigenvalue weighted by Gasteiger charge is -2.45. The fourth-order valence-electron chi connectivity index (χ4n) is 4.56. The molecular formula is C17H34N2. The van der Waals surface area contributed by atoms with Crippen molar-refractivity contribution in [1.29, 1.82) is 0 Å². The SMILES string of the molecule is CCCC1CCCC(N2C(C)CCCC2CN)CC1. The van der Waals surface area contributed by atoms with Crippen molar-refractivity contribution in [2.45, 2.75) is 96.2 Å². The van der Waals surface area contributed by atoms with Gasteiger partial charge in [-0.05, 0) is 44.9 Å². The minimum Gasteiger partial charge on any atom is -0.329 e. The maximum absolute atomic E-state index is 6.03. The van der Waals surface area contributed by atoms with Gasteiger partial charge in [0.1, 0.15) is 0 Å². The monoisotopic (exact) mass is 266 g/mol. The van der Waals surface area contributed by atoms with E-state index in [4.69, 9.17) is 5.73 Å². The van der Waals surface area contributed by atoms with Gasteiger partial charge < -0.3 is 5.73 Å². The topological polar surface area (TPSA) is 29.3 Å². The van der Waals surface area contributed by atoms with Gasteiger partial charge in [-0.3, -0.25) is 4.90 Å². The molecule has 4 unspecified atom stereocenters. The summed E-state index contributed by atoms with van der Waals surface area (Å²) in [6, 6.07) is 2.25. The summed E-state index contributed by atoms with van der Waals surface area (Å²) in [5.74, 6) is 1.01. The van der Waals surface area contributed by atoms with E-state index in [0.717, 1.165) is 24.5 Å². The number of rotatable bonds is 4. The molecule has 112 valence electrons. The molecule has 1 aliphatic heterocycles. The van der Waals surface area contributed by atoms with Gasteiger partial charge in [-0.2, -0.15) is 0 Å². The van der Waals surface area contributed by atoms with Gasteiger partial charge in [0.15, 0.2) is 0 Å². The van der Waals surface area contributed by atoms with Crippen molar-refractivity contribution >= 4 is 0 Å². The summed E-state index contributed by atoms with van der Waals surface area (Å²) >= 11 is 0. The van der Waals surface area contributed by atoms with Crippen molar-refractivity contribution in [3.63, 3.8) is 0 Å². The summed E-state index contributed by atoms with van der Waals surface area (Å²) in [5.41, 5.74) is 6.03. The lowest BCUT2D eigenvalue weighted by atomic mass is 9.91. The molecule has 0 amide bonds. The van der Waals surface area contributed by atoms with E-state index in [1.807, 2.05) is 0 Å². The molecule has 0 radical (unpaired) electrons. The standard InChI is InChI=1S/C17H34N2/c1-3-6-15-8-5-9-16(12-11-15)19-14(2)7-4-10-17(19)13-18/h14-17H,3-13,18H2,1-2H3. The second kappa shape index (κ2) is 7.64. The van der Waals surface area contributed by atoms with Crippen molar-refractivity contribution < 1.29 is 0 Å². The van der Waals surface area contributed by atoms with Crippen LogP contribution in [0.2, 0.25) is 0 Å².